The molecule has 8 heteroatoms. The standard InChI is InChI=1S/C13H12F2N4OS/c14-13(15)21-9-5-3-8(4-6-9)16-12(20)11-17-10(18-19-11)7-1-2-7/h3-7,13H,1-2H2,(H,16,20)(H,17,18,19). The number of H-pyrrole nitrogens is 1. The molecule has 1 aliphatic carbocycles. The maximum absolute atomic E-state index is 12.2. The molecule has 0 saturated heterocycles. The number of carbonyl (C=O) groups is 1. The van der Waals surface area contributed by atoms with Crippen molar-refractivity contribution in [2.75, 3.05) is 5.32 Å². The highest BCUT2D eigenvalue weighted by Gasteiger charge is 2.28. The van der Waals surface area contributed by atoms with Gasteiger partial charge in [0.2, 0.25) is 5.82 Å². The van der Waals surface area contributed by atoms with Crippen LogP contribution in [0.5, 0.6) is 0 Å². The largest absolute Gasteiger partial charge is 0.319 e. The summed E-state index contributed by atoms with van der Waals surface area (Å²) in [6.07, 6.45) is 2.14. The number of carbonyl (C=O) groups excluding carboxylic acids is 1. The first-order valence-electron chi connectivity index (χ1n) is 6.40. The third-order valence-corrected chi connectivity index (χ3v) is 3.73. The summed E-state index contributed by atoms with van der Waals surface area (Å²) in [7, 11) is 0. The minimum Gasteiger partial charge on any atom is -0.319 e. The molecule has 0 spiro atoms. The lowest BCUT2D eigenvalue weighted by atomic mass is 10.3. The predicted octanol–water partition coefficient (Wildman–Crippen LogP) is 3.25. The summed E-state index contributed by atoms with van der Waals surface area (Å²) in [5.74, 6) is -1.66. The van der Waals surface area contributed by atoms with E-state index in [2.05, 4.69) is 20.5 Å². The van der Waals surface area contributed by atoms with Gasteiger partial charge in [0.05, 0.1) is 0 Å². The van der Waals surface area contributed by atoms with E-state index in [4.69, 9.17) is 0 Å². The molecule has 1 amide bonds. The van der Waals surface area contributed by atoms with E-state index in [1.807, 2.05) is 0 Å². The molecule has 0 radical (unpaired) electrons. The third kappa shape index (κ3) is 3.57. The summed E-state index contributed by atoms with van der Waals surface area (Å²) >= 11 is 0.460. The number of halogens is 2. The Hall–Kier alpha value is -1.96. The Morgan fingerprint density at radius 3 is 2.67 bits per heavy atom. The Bertz CT molecular complexity index is 640. The molecule has 1 aromatic heterocycles. The molecule has 110 valence electrons. The van der Waals surface area contributed by atoms with E-state index in [1.165, 1.54) is 12.1 Å². The maximum atomic E-state index is 12.2. The second kappa shape index (κ2) is 5.80. The molecule has 1 saturated carbocycles. The minimum absolute atomic E-state index is 0.0860. The van der Waals surface area contributed by atoms with Crippen molar-refractivity contribution in [3.8, 4) is 0 Å². The maximum Gasteiger partial charge on any atom is 0.295 e. The van der Waals surface area contributed by atoms with Crippen molar-refractivity contribution in [2.45, 2.75) is 29.4 Å². The Kier molecular flexibility index (Phi) is 3.87. The van der Waals surface area contributed by atoms with E-state index in [-0.39, 0.29) is 5.82 Å². The molecular formula is C13H12F2N4OS. The molecule has 0 unspecified atom stereocenters. The number of alkyl halides is 2. The number of nitrogens with one attached hydrogen (secondary N) is 2. The fourth-order valence-corrected chi connectivity index (χ4v) is 2.32. The van der Waals surface area contributed by atoms with Crippen LogP contribution in [0, 0.1) is 0 Å². The summed E-state index contributed by atoms with van der Waals surface area (Å²) in [5.41, 5.74) is 0.511. The number of nitrogens with zero attached hydrogens (tertiary/aromatic N) is 2. The van der Waals surface area contributed by atoms with Gasteiger partial charge in [0.25, 0.3) is 11.7 Å². The first-order chi connectivity index (χ1) is 10.1. The molecule has 1 aromatic carbocycles. The fourth-order valence-electron chi connectivity index (χ4n) is 1.82. The Labute approximate surface area is 123 Å². The molecule has 5 nitrogen and oxygen atoms in total. The van der Waals surface area contributed by atoms with Crippen LogP contribution in [0.1, 0.15) is 35.2 Å². The Morgan fingerprint density at radius 2 is 2.05 bits per heavy atom. The zero-order valence-electron chi connectivity index (χ0n) is 10.8. The number of benzene rings is 1. The van der Waals surface area contributed by atoms with Crippen LogP contribution in [-0.2, 0) is 0 Å². The van der Waals surface area contributed by atoms with Gasteiger partial charge in [-0.15, -0.1) is 5.10 Å². The third-order valence-electron chi connectivity index (χ3n) is 3.01. The molecule has 1 fully saturated rings. The van der Waals surface area contributed by atoms with Gasteiger partial charge < -0.3 is 5.32 Å². The molecule has 3 rings (SSSR count). The van der Waals surface area contributed by atoms with Crippen molar-refractivity contribution in [1.82, 2.24) is 15.2 Å². The molecule has 2 N–H and O–H groups in total. The first-order valence-corrected chi connectivity index (χ1v) is 7.28. The lowest BCUT2D eigenvalue weighted by molar-refractivity contribution is 0.101. The highest BCUT2D eigenvalue weighted by atomic mass is 32.2. The van der Waals surface area contributed by atoms with E-state index < -0.39 is 11.7 Å². The summed E-state index contributed by atoms with van der Waals surface area (Å²) < 4.78 is 24.4. The summed E-state index contributed by atoms with van der Waals surface area (Å²) in [5, 5.41) is 9.27. The molecular weight excluding hydrogens is 298 g/mol. The van der Waals surface area contributed by atoms with Gasteiger partial charge in [0.1, 0.15) is 5.82 Å². The van der Waals surface area contributed by atoms with Crippen LogP contribution in [0.25, 0.3) is 0 Å². The van der Waals surface area contributed by atoms with Gasteiger partial charge in [-0.25, -0.2) is 4.98 Å². The minimum atomic E-state index is -2.46. The van der Waals surface area contributed by atoms with Gasteiger partial charge in [0, 0.05) is 16.5 Å². The van der Waals surface area contributed by atoms with Crippen LogP contribution in [0.2, 0.25) is 0 Å². The van der Waals surface area contributed by atoms with Crippen LogP contribution in [-0.4, -0.2) is 26.8 Å². The second-order valence-corrected chi connectivity index (χ2v) is 5.74. The fraction of sp³-hybridized carbons (Fsp3) is 0.308. The first kappa shape index (κ1) is 14.0. The van der Waals surface area contributed by atoms with Crippen molar-refractivity contribution in [3.05, 3.63) is 35.9 Å². The number of hydrogen-bond acceptors (Lipinski definition) is 4. The van der Waals surface area contributed by atoms with E-state index in [9.17, 15) is 13.6 Å². The van der Waals surface area contributed by atoms with Crippen LogP contribution in [0.4, 0.5) is 14.5 Å². The number of thioether (sulfide) groups is 1. The quantitative estimate of drug-likeness (QED) is 0.832. The number of rotatable bonds is 5. The smallest absolute Gasteiger partial charge is 0.295 e. The molecule has 1 aliphatic rings. The topological polar surface area (TPSA) is 70.7 Å². The average Bonchev–Trinajstić information content (AvgIpc) is 3.18. The summed E-state index contributed by atoms with van der Waals surface area (Å²) in [4.78, 5) is 16.5. The van der Waals surface area contributed by atoms with Gasteiger partial charge in [0.15, 0.2) is 0 Å². The monoisotopic (exact) mass is 310 g/mol. The highest BCUT2D eigenvalue weighted by molar-refractivity contribution is 7.99. The van der Waals surface area contributed by atoms with Crippen molar-refractivity contribution in [3.63, 3.8) is 0 Å². The molecule has 0 aliphatic heterocycles. The second-order valence-electron chi connectivity index (χ2n) is 4.68. The molecule has 0 bridgehead atoms. The van der Waals surface area contributed by atoms with Crippen LogP contribution in [0.3, 0.4) is 0 Å². The Morgan fingerprint density at radius 1 is 1.33 bits per heavy atom. The number of hydrogen-bond donors (Lipinski definition) is 2. The lowest BCUT2D eigenvalue weighted by Gasteiger charge is -2.04. The Balaban J connectivity index is 1.63. The molecule has 2 aromatic rings. The van der Waals surface area contributed by atoms with E-state index in [0.717, 1.165) is 18.7 Å². The van der Waals surface area contributed by atoms with Crippen molar-refractivity contribution in [2.24, 2.45) is 0 Å². The van der Waals surface area contributed by atoms with Crippen LogP contribution >= 0.6 is 11.8 Å². The zero-order valence-corrected chi connectivity index (χ0v) is 11.7. The van der Waals surface area contributed by atoms with Crippen molar-refractivity contribution >= 4 is 23.4 Å². The van der Waals surface area contributed by atoms with Crippen LogP contribution in [0.15, 0.2) is 29.2 Å². The van der Waals surface area contributed by atoms with Gasteiger partial charge in [-0.2, -0.15) is 8.78 Å². The number of aromatic nitrogens is 3. The zero-order chi connectivity index (χ0) is 14.8. The molecule has 0 atom stereocenters. The summed E-state index contributed by atoms with van der Waals surface area (Å²) in [6.45, 7) is 0. The highest BCUT2D eigenvalue weighted by Crippen LogP contribution is 2.37. The SMILES string of the molecule is O=C(Nc1ccc(SC(F)F)cc1)c1n[nH]c(C2CC2)n1. The normalized spacial score (nSPS) is 14.4. The average molecular weight is 310 g/mol. The van der Waals surface area contributed by atoms with Crippen LogP contribution < -0.4 is 5.32 Å². The van der Waals surface area contributed by atoms with Gasteiger partial charge >= 0.3 is 0 Å². The van der Waals surface area contributed by atoms with Crippen molar-refractivity contribution in [1.29, 1.82) is 0 Å². The van der Waals surface area contributed by atoms with Crippen molar-refractivity contribution < 1.29 is 13.6 Å². The number of anilines is 1. The lowest BCUT2D eigenvalue weighted by Crippen LogP contribution is -2.13. The van der Waals surface area contributed by atoms with E-state index in [0.29, 0.717) is 28.3 Å². The molecule has 21 heavy (non-hydrogen) atoms. The van der Waals surface area contributed by atoms with Gasteiger partial charge in [-0.3, -0.25) is 9.89 Å². The number of amides is 1. The van der Waals surface area contributed by atoms with E-state index in [1.54, 1.807) is 12.1 Å². The van der Waals surface area contributed by atoms with E-state index >= 15 is 0 Å². The summed E-state index contributed by atoms with van der Waals surface area (Å²) in [6, 6.07) is 6.19. The number of aromatic amines is 1. The predicted molar refractivity (Wildman–Crippen MR) is 74.6 cm³/mol. The molecule has 1 heterocycles. The van der Waals surface area contributed by atoms with Gasteiger partial charge in [-0.05, 0) is 37.1 Å². The van der Waals surface area contributed by atoms with Gasteiger partial charge in [-0.1, -0.05) is 11.8 Å².